The lowest BCUT2D eigenvalue weighted by molar-refractivity contribution is 0.601. The third-order valence-electron chi connectivity index (χ3n) is 2.92. The Labute approximate surface area is 132 Å². The van der Waals surface area contributed by atoms with Gasteiger partial charge in [0, 0.05) is 11.8 Å². The molecular weight excluding hydrogens is 337 g/mol. The first kappa shape index (κ1) is 15.8. The smallest absolute Gasteiger partial charge is 0.175 e. The third-order valence-corrected chi connectivity index (χ3v) is 5.57. The van der Waals surface area contributed by atoms with Gasteiger partial charge in [-0.05, 0) is 30.8 Å². The molecule has 0 aliphatic rings. The van der Waals surface area contributed by atoms with Gasteiger partial charge in [-0.15, -0.1) is 11.3 Å². The Morgan fingerprint density at radius 1 is 1.20 bits per heavy atom. The standard InChI is InChI=1S/C13H13Cl2NO2S2/c1-16-12(10-7-11(14)19-13(10)15)8-3-5-9(6-4-8)20(2,17)18/h3-7,12,16H,1-2H3. The van der Waals surface area contributed by atoms with E-state index in [0.29, 0.717) is 13.6 Å². The Kier molecular flexibility index (Phi) is 4.76. The van der Waals surface area contributed by atoms with Crippen molar-refractivity contribution in [2.24, 2.45) is 0 Å². The van der Waals surface area contributed by atoms with E-state index in [4.69, 9.17) is 23.2 Å². The Hall–Kier alpha value is -0.590. The molecule has 1 unspecified atom stereocenters. The highest BCUT2D eigenvalue weighted by molar-refractivity contribution is 7.90. The molecule has 1 aromatic heterocycles. The second-order valence-electron chi connectivity index (χ2n) is 4.34. The van der Waals surface area contributed by atoms with Crippen LogP contribution < -0.4 is 5.32 Å². The summed E-state index contributed by atoms with van der Waals surface area (Å²) < 4.78 is 24.2. The number of hydrogen-bond acceptors (Lipinski definition) is 4. The van der Waals surface area contributed by atoms with E-state index in [1.807, 2.05) is 13.1 Å². The number of rotatable bonds is 4. The van der Waals surface area contributed by atoms with Gasteiger partial charge in [0.05, 0.1) is 19.6 Å². The zero-order valence-electron chi connectivity index (χ0n) is 10.9. The summed E-state index contributed by atoms with van der Waals surface area (Å²) in [4.78, 5) is 0.297. The maximum Gasteiger partial charge on any atom is 0.175 e. The number of sulfone groups is 1. The van der Waals surface area contributed by atoms with Crippen LogP contribution in [0.5, 0.6) is 0 Å². The van der Waals surface area contributed by atoms with Crippen LogP contribution in [0.15, 0.2) is 35.2 Å². The molecule has 0 aliphatic heterocycles. The van der Waals surface area contributed by atoms with E-state index >= 15 is 0 Å². The summed E-state index contributed by atoms with van der Waals surface area (Å²) in [5.74, 6) is 0. The molecule has 0 aliphatic carbocycles. The molecule has 108 valence electrons. The number of nitrogens with one attached hydrogen (secondary N) is 1. The van der Waals surface area contributed by atoms with Crippen molar-refractivity contribution in [3.63, 3.8) is 0 Å². The second-order valence-corrected chi connectivity index (χ2v) is 8.64. The van der Waals surface area contributed by atoms with Crippen molar-refractivity contribution in [3.05, 3.63) is 50.1 Å². The molecule has 0 amide bonds. The van der Waals surface area contributed by atoms with Crippen molar-refractivity contribution in [1.82, 2.24) is 5.32 Å². The van der Waals surface area contributed by atoms with Crippen molar-refractivity contribution in [2.75, 3.05) is 13.3 Å². The van der Waals surface area contributed by atoms with Crippen LogP contribution in [0.2, 0.25) is 8.67 Å². The lowest BCUT2D eigenvalue weighted by Gasteiger charge is -2.16. The molecule has 1 aromatic carbocycles. The van der Waals surface area contributed by atoms with E-state index in [2.05, 4.69) is 5.32 Å². The summed E-state index contributed by atoms with van der Waals surface area (Å²) in [6.45, 7) is 0. The van der Waals surface area contributed by atoms with E-state index in [-0.39, 0.29) is 6.04 Å². The van der Waals surface area contributed by atoms with Gasteiger partial charge >= 0.3 is 0 Å². The van der Waals surface area contributed by atoms with E-state index in [0.717, 1.165) is 11.1 Å². The maximum atomic E-state index is 11.5. The van der Waals surface area contributed by atoms with Crippen LogP contribution in [-0.2, 0) is 9.84 Å². The molecule has 1 atom stereocenters. The van der Waals surface area contributed by atoms with Gasteiger partial charge in [0.1, 0.15) is 0 Å². The fourth-order valence-corrected chi connectivity index (χ4v) is 4.12. The molecule has 20 heavy (non-hydrogen) atoms. The summed E-state index contributed by atoms with van der Waals surface area (Å²) in [6, 6.07) is 8.44. The Balaban J connectivity index is 2.40. The quantitative estimate of drug-likeness (QED) is 0.913. The van der Waals surface area contributed by atoms with Crippen LogP contribution in [0.4, 0.5) is 0 Å². The Bertz CT molecular complexity index is 708. The van der Waals surface area contributed by atoms with E-state index in [1.54, 1.807) is 24.3 Å². The van der Waals surface area contributed by atoms with Crippen LogP contribution in [0, 0.1) is 0 Å². The lowest BCUT2D eigenvalue weighted by Crippen LogP contribution is -2.17. The molecule has 0 fully saturated rings. The number of thiophene rings is 1. The van der Waals surface area contributed by atoms with Crippen molar-refractivity contribution in [1.29, 1.82) is 0 Å². The minimum Gasteiger partial charge on any atom is -0.309 e. The molecule has 1 heterocycles. The minimum absolute atomic E-state index is 0.125. The molecule has 7 heteroatoms. The number of halogens is 2. The highest BCUT2D eigenvalue weighted by Gasteiger charge is 2.18. The van der Waals surface area contributed by atoms with Gasteiger partial charge in [-0.3, -0.25) is 0 Å². The van der Waals surface area contributed by atoms with Crippen molar-refractivity contribution < 1.29 is 8.42 Å². The first-order chi connectivity index (χ1) is 9.32. The summed E-state index contributed by atoms with van der Waals surface area (Å²) in [5.41, 5.74) is 1.81. The van der Waals surface area contributed by atoms with Gasteiger partial charge in [-0.25, -0.2) is 8.42 Å². The molecule has 2 aromatic rings. The number of hydrogen-bond donors (Lipinski definition) is 1. The van der Waals surface area contributed by atoms with Gasteiger partial charge in [0.15, 0.2) is 9.84 Å². The zero-order valence-corrected chi connectivity index (χ0v) is 14.0. The normalized spacial score (nSPS) is 13.4. The van der Waals surface area contributed by atoms with Gasteiger partial charge in [-0.1, -0.05) is 35.3 Å². The fraction of sp³-hybridized carbons (Fsp3) is 0.231. The summed E-state index contributed by atoms with van der Waals surface area (Å²) in [7, 11) is -1.37. The lowest BCUT2D eigenvalue weighted by atomic mass is 10.0. The Morgan fingerprint density at radius 3 is 2.20 bits per heavy atom. The van der Waals surface area contributed by atoms with Gasteiger partial charge in [-0.2, -0.15) is 0 Å². The average Bonchev–Trinajstić information content (AvgIpc) is 2.69. The first-order valence-corrected chi connectivity index (χ1v) is 9.21. The molecule has 0 bridgehead atoms. The molecule has 0 spiro atoms. The molecule has 0 saturated carbocycles. The van der Waals surface area contributed by atoms with Gasteiger partial charge in [0.25, 0.3) is 0 Å². The minimum atomic E-state index is -3.19. The predicted molar refractivity (Wildman–Crippen MR) is 84.8 cm³/mol. The largest absolute Gasteiger partial charge is 0.309 e. The SMILES string of the molecule is CNC(c1ccc(S(C)(=O)=O)cc1)c1cc(Cl)sc1Cl. The van der Waals surface area contributed by atoms with E-state index < -0.39 is 9.84 Å². The molecule has 3 nitrogen and oxygen atoms in total. The average molecular weight is 350 g/mol. The van der Waals surface area contributed by atoms with Crippen LogP contribution in [-0.4, -0.2) is 21.7 Å². The summed E-state index contributed by atoms with van der Waals surface area (Å²) in [6.07, 6.45) is 1.19. The van der Waals surface area contributed by atoms with E-state index in [1.165, 1.54) is 17.6 Å². The summed E-state index contributed by atoms with van der Waals surface area (Å²) >= 11 is 13.4. The van der Waals surface area contributed by atoms with E-state index in [9.17, 15) is 8.42 Å². The molecular formula is C13H13Cl2NO2S2. The van der Waals surface area contributed by atoms with Gasteiger partial charge < -0.3 is 5.32 Å². The molecule has 0 saturated heterocycles. The molecule has 1 N–H and O–H groups in total. The molecule has 2 rings (SSSR count). The number of benzene rings is 1. The molecule has 0 radical (unpaired) electrons. The van der Waals surface area contributed by atoms with Crippen molar-refractivity contribution >= 4 is 44.4 Å². The first-order valence-electron chi connectivity index (χ1n) is 5.75. The second kappa shape index (κ2) is 6.03. The van der Waals surface area contributed by atoms with Crippen LogP contribution in [0.1, 0.15) is 17.2 Å². The highest BCUT2D eigenvalue weighted by atomic mass is 35.5. The van der Waals surface area contributed by atoms with Crippen molar-refractivity contribution in [2.45, 2.75) is 10.9 Å². The van der Waals surface area contributed by atoms with Crippen LogP contribution in [0.3, 0.4) is 0 Å². The maximum absolute atomic E-state index is 11.5. The third kappa shape index (κ3) is 3.35. The summed E-state index contributed by atoms with van der Waals surface area (Å²) in [5, 5.41) is 3.16. The van der Waals surface area contributed by atoms with Crippen LogP contribution >= 0.6 is 34.5 Å². The fourth-order valence-electron chi connectivity index (χ4n) is 1.96. The van der Waals surface area contributed by atoms with Gasteiger partial charge in [0.2, 0.25) is 0 Å². The van der Waals surface area contributed by atoms with Crippen LogP contribution in [0.25, 0.3) is 0 Å². The predicted octanol–water partition coefficient (Wildman–Crippen LogP) is 3.77. The highest BCUT2D eigenvalue weighted by Crippen LogP contribution is 2.37. The monoisotopic (exact) mass is 349 g/mol. The zero-order chi connectivity index (χ0) is 14.9. The topological polar surface area (TPSA) is 46.2 Å². The van der Waals surface area contributed by atoms with Crippen molar-refractivity contribution in [3.8, 4) is 0 Å². The Morgan fingerprint density at radius 2 is 1.80 bits per heavy atom.